The van der Waals surface area contributed by atoms with Crippen molar-refractivity contribution in [1.29, 1.82) is 0 Å². The average Bonchev–Trinajstić information content (AvgIpc) is 3.22. The molecule has 6 rings (SSSR count). The van der Waals surface area contributed by atoms with Gasteiger partial charge in [0.05, 0.1) is 11.7 Å². The number of fused-ring (bicyclic) bond motifs is 1. The van der Waals surface area contributed by atoms with Crippen LogP contribution >= 0.6 is 0 Å². The van der Waals surface area contributed by atoms with E-state index in [-0.39, 0.29) is 58.5 Å². The molecule has 8 nitrogen and oxygen atoms in total. The number of ether oxygens (including phenoxy) is 1. The molecule has 2 aliphatic rings. The van der Waals surface area contributed by atoms with Crippen LogP contribution < -0.4 is 15.0 Å². The summed E-state index contributed by atoms with van der Waals surface area (Å²) in [4.78, 5) is 34.0. The Kier molecular flexibility index (Phi) is 7.04. The van der Waals surface area contributed by atoms with Crippen molar-refractivity contribution in [3.63, 3.8) is 0 Å². The van der Waals surface area contributed by atoms with Crippen molar-refractivity contribution in [1.82, 2.24) is 4.98 Å². The van der Waals surface area contributed by atoms with Gasteiger partial charge < -0.3 is 19.6 Å². The van der Waals surface area contributed by atoms with Gasteiger partial charge in [-0.2, -0.15) is 0 Å². The molecule has 4 aromatic rings. The molecule has 3 aromatic carbocycles. The fraction of sp³-hybridized carbons (Fsp3) is 0.265. The van der Waals surface area contributed by atoms with Gasteiger partial charge in [-0.1, -0.05) is 50.2 Å². The third-order valence-electron chi connectivity index (χ3n) is 7.85. The Labute approximate surface area is 248 Å². The summed E-state index contributed by atoms with van der Waals surface area (Å²) in [5, 5.41) is 14.2. The number of oxazole rings is 1. The lowest BCUT2D eigenvalue weighted by molar-refractivity contribution is -0.118. The van der Waals surface area contributed by atoms with Gasteiger partial charge in [-0.25, -0.2) is 9.37 Å². The van der Waals surface area contributed by atoms with Crippen molar-refractivity contribution in [2.24, 2.45) is 5.41 Å². The minimum atomic E-state index is -1.17. The van der Waals surface area contributed by atoms with Crippen LogP contribution in [0.4, 0.5) is 15.8 Å². The van der Waals surface area contributed by atoms with E-state index in [1.807, 2.05) is 44.2 Å². The van der Waals surface area contributed by atoms with Gasteiger partial charge in [0.1, 0.15) is 35.4 Å². The van der Waals surface area contributed by atoms with Crippen LogP contribution in [0.15, 0.2) is 82.4 Å². The number of aromatic hydroxyl groups is 1. The second kappa shape index (κ2) is 10.7. The van der Waals surface area contributed by atoms with Crippen LogP contribution in [0.3, 0.4) is 0 Å². The van der Waals surface area contributed by atoms with Crippen LogP contribution in [0.2, 0.25) is 0 Å². The molecule has 0 unspecified atom stereocenters. The Hall–Kier alpha value is -4.92. The van der Waals surface area contributed by atoms with Crippen LogP contribution in [0.1, 0.15) is 66.0 Å². The summed E-state index contributed by atoms with van der Waals surface area (Å²) >= 11 is 0. The number of aromatic nitrogens is 1. The number of carbonyl (C=O) groups is 2. The predicted octanol–water partition coefficient (Wildman–Crippen LogP) is 7.17. The molecule has 1 aliphatic heterocycles. The number of hydrogen-bond acceptors (Lipinski definition) is 7. The number of benzene rings is 3. The van der Waals surface area contributed by atoms with Gasteiger partial charge in [-0.3, -0.25) is 14.5 Å². The number of aryl methyl sites for hydroxylation is 2. The first-order valence-electron chi connectivity index (χ1n) is 14.1. The van der Waals surface area contributed by atoms with E-state index < -0.39 is 23.2 Å². The molecule has 1 aromatic heterocycles. The summed E-state index contributed by atoms with van der Waals surface area (Å²) in [6, 6.07) is 17.6. The molecule has 0 bridgehead atoms. The number of hydrogen-bond donors (Lipinski definition) is 2. The molecule has 43 heavy (non-hydrogen) atoms. The molecular weight excluding hydrogens is 549 g/mol. The van der Waals surface area contributed by atoms with E-state index in [1.165, 1.54) is 17.0 Å². The van der Waals surface area contributed by atoms with Crippen molar-refractivity contribution in [3.8, 4) is 11.5 Å². The maximum absolute atomic E-state index is 16.3. The summed E-state index contributed by atoms with van der Waals surface area (Å²) < 4.78 is 27.7. The number of ketones is 1. The van der Waals surface area contributed by atoms with Gasteiger partial charge in [0, 0.05) is 36.2 Å². The number of anilines is 2. The second-order valence-electron chi connectivity index (χ2n) is 11.8. The number of allylic oxidation sites excluding steroid dienone is 1. The highest BCUT2D eigenvalue weighted by molar-refractivity contribution is 6.12. The highest BCUT2D eigenvalue weighted by Gasteiger charge is 2.45. The fourth-order valence-electron chi connectivity index (χ4n) is 5.96. The standard InChI is InChI=1S/C34H32FN3O5/c1-19-30(36-20(2)43-19)33(41)38-26-11-8-12-27(39)31(26)37-25-16-34(3,4)17-28(40)29(25)32(38)23-14-13-22(15-24(23)35)42-18-21-9-6-5-7-10-21/h5-15,32,37,39H,16-18H2,1-4H3/t32-/m1/s1. The van der Waals surface area contributed by atoms with E-state index >= 15 is 4.39 Å². The fourth-order valence-corrected chi connectivity index (χ4v) is 5.96. The van der Waals surface area contributed by atoms with Crippen LogP contribution in [-0.2, 0) is 11.4 Å². The number of nitrogens with zero attached hydrogens (tertiary/aromatic N) is 2. The van der Waals surface area contributed by atoms with Gasteiger partial charge in [0.25, 0.3) is 5.91 Å². The molecule has 0 fully saturated rings. The summed E-state index contributed by atoms with van der Waals surface area (Å²) in [5.74, 6) is -0.681. The molecule has 1 atom stereocenters. The molecule has 2 N–H and O–H groups in total. The number of rotatable bonds is 5. The lowest BCUT2D eigenvalue weighted by Crippen LogP contribution is -2.40. The molecule has 0 saturated heterocycles. The van der Waals surface area contributed by atoms with Crippen molar-refractivity contribution in [2.45, 2.75) is 53.2 Å². The Morgan fingerprint density at radius 1 is 1.12 bits per heavy atom. The summed E-state index contributed by atoms with van der Waals surface area (Å²) in [6.07, 6.45) is 0.652. The van der Waals surface area contributed by atoms with E-state index in [1.54, 1.807) is 38.1 Å². The maximum atomic E-state index is 16.3. The Bertz CT molecular complexity index is 1780. The van der Waals surface area contributed by atoms with Crippen molar-refractivity contribution >= 4 is 23.1 Å². The van der Waals surface area contributed by atoms with E-state index in [0.29, 0.717) is 23.8 Å². The first-order valence-corrected chi connectivity index (χ1v) is 14.1. The number of amides is 1. The lowest BCUT2D eigenvalue weighted by atomic mass is 9.73. The van der Waals surface area contributed by atoms with Crippen LogP contribution in [-0.4, -0.2) is 21.8 Å². The van der Waals surface area contributed by atoms with Crippen LogP contribution in [0.5, 0.6) is 11.5 Å². The lowest BCUT2D eigenvalue weighted by Gasteiger charge is -2.37. The van der Waals surface area contributed by atoms with E-state index in [0.717, 1.165) is 5.56 Å². The SMILES string of the molecule is Cc1nc(C(=O)N2c3cccc(O)c3NC3=C(C(=O)CC(C)(C)C3)[C@H]2c2ccc(OCc3ccccc3)cc2F)c(C)o1. The summed E-state index contributed by atoms with van der Waals surface area (Å²) in [5.41, 5.74) is 1.99. The van der Waals surface area contributed by atoms with Crippen molar-refractivity contribution in [3.05, 3.63) is 112 Å². The first-order chi connectivity index (χ1) is 20.5. The minimum absolute atomic E-state index is 0.0349. The molecule has 220 valence electrons. The zero-order chi connectivity index (χ0) is 30.5. The summed E-state index contributed by atoms with van der Waals surface area (Å²) in [7, 11) is 0. The molecule has 9 heteroatoms. The predicted molar refractivity (Wildman–Crippen MR) is 159 cm³/mol. The molecule has 2 heterocycles. The van der Waals surface area contributed by atoms with Gasteiger partial charge in [-0.15, -0.1) is 0 Å². The maximum Gasteiger partial charge on any atom is 0.281 e. The monoisotopic (exact) mass is 581 g/mol. The molecule has 1 amide bonds. The number of halogens is 1. The zero-order valence-electron chi connectivity index (χ0n) is 24.4. The molecule has 0 spiro atoms. The number of nitrogens with one attached hydrogen (secondary N) is 1. The second-order valence-corrected chi connectivity index (χ2v) is 11.8. The third kappa shape index (κ3) is 5.27. The Morgan fingerprint density at radius 3 is 2.58 bits per heavy atom. The third-order valence-corrected chi connectivity index (χ3v) is 7.85. The van der Waals surface area contributed by atoms with Gasteiger partial charge >= 0.3 is 0 Å². The minimum Gasteiger partial charge on any atom is -0.506 e. The van der Waals surface area contributed by atoms with E-state index in [2.05, 4.69) is 10.3 Å². The number of para-hydroxylation sites is 1. The topological polar surface area (TPSA) is 105 Å². The van der Waals surface area contributed by atoms with E-state index in [4.69, 9.17) is 9.15 Å². The number of carbonyl (C=O) groups excluding carboxylic acids is 2. The summed E-state index contributed by atoms with van der Waals surface area (Å²) in [6.45, 7) is 7.46. The average molecular weight is 582 g/mol. The Morgan fingerprint density at radius 2 is 1.88 bits per heavy atom. The first kappa shape index (κ1) is 28.2. The van der Waals surface area contributed by atoms with E-state index in [9.17, 15) is 14.7 Å². The van der Waals surface area contributed by atoms with Crippen LogP contribution in [0.25, 0.3) is 0 Å². The number of phenolic OH excluding ortho intramolecular Hbond substituents is 1. The zero-order valence-corrected chi connectivity index (χ0v) is 24.4. The molecule has 0 saturated carbocycles. The smallest absolute Gasteiger partial charge is 0.281 e. The van der Waals surface area contributed by atoms with Gasteiger partial charge in [0.15, 0.2) is 17.4 Å². The highest BCUT2D eigenvalue weighted by Crippen LogP contribution is 2.51. The van der Waals surface area contributed by atoms with Crippen molar-refractivity contribution in [2.75, 3.05) is 10.2 Å². The van der Waals surface area contributed by atoms with Gasteiger partial charge in [-0.05, 0) is 48.6 Å². The molecule has 0 radical (unpaired) electrons. The molecular formula is C34H32FN3O5. The normalized spacial score (nSPS) is 17.6. The largest absolute Gasteiger partial charge is 0.506 e. The Balaban J connectivity index is 1.53. The van der Waals surface area contributed by atoms with Crippen molar-refractivity contribution < 1.29 is 28.2 Å². The molecule has 1 aliphatic carbocycles. The number of phenols is 1. The highest BCUT2D eigenvalue weighted by atomic mass is 19.1. The van der Waals surface area contributed by atoms with Gasteiger partial charge in [0.2, 0.25) is 0 Å². The van der Waals surface area contributed by atoms with Crippen LogP contribution in [0, 0.1) is 25.1 Å². The number of Topliss-reactive ketones (excluding diaryl/α,β-unsaturated/α-hetero) is 1. The quantitative estimate of drug-likeness (QED) is 0.241.